The largest absolute Gasteiger partial charge is 0.368 e. The molecule has 0 bridgehead atoms. The summed E-state index contributed by atoms with van der Waals surface area (Å²) in [7, 11) is -3.30. The molecule has 0 amide bonds. The number of rotatable bonds is 4. The standard InChI is InChI=1S/C5H13O5P/c1-4(6)9-11(3,8)10-5(2)7/h4-7H,1-3H3. The van der Waals surface area contributed by atoms with Gasteiger partial charge >= 0.3 is 7.60 Å². The molecule has 0 saturated heterocycles. The van der Waals surface area contributed by atoms with Crippen LogP contribution < -0.4 is 0 Å². The molecule has 0 aromatic carbocycles. The summed E-state index contributed by atoms with van der Waals surface area (Å²) in [5.74, 6) is 0. The molecule has 0 saturated carbocycles. The second-order valence-electron chi connectivity index (χ2n) is 2.18. The summed E-state index contributed by atoms with van der Waals surface area (Å²) >= 11 is 0. The van der Waals surface area contributed by atoms with E-state index in [0.717, 1.165) is 0 Å². The summed E-state index contributed by atoms with van der Waals surface area (Å²) in [6.07, 6.45) is -2.32. The average molecular weight is 184 g/mol. The monoisotopic (exact) mass is 184 g/mol. The molecule has 0 aromatic heterocycles. The quantitative estimate of drug-likeness (QED) is 0.492. The zero-order chi connectivity index (χ0) is 9.07. The van der Waals surface area contributed by atoms with Crippen LogP contribution in [0.4, 0.5) is 0 Å². The summed E-state index contributed by atoms with van der Waals surface area (Å²) in [4.78, 5) is 0. The molecular weight excluding hydrogens is 171 g/mol. The van der Waals surface area contributed by atoms with Crippen molar-refractivity contribution in [1.82, 2.24) is 0 Å². The van der Waals surface area contributed by atoms with Crippen molar-refractivity contribution < 1.29 is 23.8 Å². The Balaban J connectivity index is 3.91. The molecule has 2 unspecified atom stereocenters. The number of hydrogen-bond donors (Lipinski definition) is 2. The number of aliphatic hydroxyl groups excluding tert-OH is 2. The molecule has 2 N–H and O–H groups in total. The summed E-state index contributed by atoms with van der Waals surface area (Å²) in [6.45, 7) is 3.79. The van der Waals surface area contributed by atoms with E-state index in [4.69, 9.17) is 10.2 Å². The summed E-state index contributed by atoms with van der Waals surface area (Å²) in [5, 5.41) is 17.3. The van der Waals surface area contributed by atoms with Gasteiger partial charge < -0.3 is 10.2 Å². The fourth-order valence-corrected chi connectivity index (χ4v) is 1.74. The third kappa shape index (κ3) is 6.47. The second kappa shape index (κ2) is 4.18. The lowest BCUT2D eigenvalue weighted by molar-refractivity contribution is -0.0497. The number of hydrogen-bond acceptors (Lipinski definition) is 5. The first-order chi connectivity index (χ1) is 4.83. The maximum atomic E-state index is 11.1. The van der Waals surface area contributed by atoms with Gasteiger partial charge in [-0.25, -0.2) is 0 Å². The third-order valence-corrected chi connectivity index (χ3v) is 2.06. The van der Waals surface area contributed by atoms with E-state index in [0.29, 0.717) is 0 Å². The predicted octanol–water partition coefficient (Wildman–Crippen LogP) is 0.519. The van der Waals surface area contributed by atoms with Gasteiger partial charge in [0.25, 0.3) is 0 Å². The Bertz CT molecular complexity index is 141. The minimum absolute atomic E-state index is 1.16. The van der Waals surface area contributed by atoms with Crippen LogP contribution >= 0.6 is 7.60 Å². The summed E-state index contributed by atoms with van der Waals surface area (Å²) in [6, 6.07) is 0. The van der Waals surface area contributed by atoms with E-state index in [9.17, 15) is 4.57 Å². The van der Waals surface area contributed by atoms with E-state index in [1.54, 1.807) is 0 Å². The zero-order valence-electron chi connectivity index (χ0n) is 6.72. The van der Waals surface area contributed by atoms with Gasteiger partial charge in [-0.3, -0.25) is 13.6 Å². The predicted molar refractivity (Wildman–Crippen MR) is 39.1 cm³/mol. The van der Waals surface area contributed by atoms with Gasteiger partial charge in [0.2, 0.25) is 0 Å². The molecule has 0 aromatic rings. The van der Waals surface area contributed by atoms with E-state index >= 15 is 0 Å². The SMILES string of the molecule is CC(O)OP(C)(=O)OC(C)O. The van der Waals surface area contributed by atoms with Crippen molar-refractivity contribution in [2.24, 2.45) is 0 Å². The van der Waals surface area contributed by atoms with E-state index in [2.05, 4.69) is 9.05 Å². The van der Waals surface area contributed by atoms with Crippen molar-refractivity contribution in [2.75, 3.05) is 6.66 Å². The third-order valence-electron chi connectivity index (χ3n) is 0.688. The molecule has 5 nitrogen and oxygen atoms in total. The molecule has 0 rings (SSSR count). The second-order valence-corrected chi connectivity index (χ2v) is 4.15. The van der Waals surface area contributed by atoms with Crippen molar-refractivity contribution in [3.63, 3.8) is 0 Å². The van der Waals surface area contributed by atoms with Gasteiger partial charge in [-0.2, -0.15) is 0 Å². The Morgan fingerprint density at radius 3 is 1.64 bits per heavy atom. The topological polar surface area (TPSA) is 76.0 Å². The molecule has 68 valence electrons. The highest BCUT2D eigenvalue weighted by atomic mass is 31.2. The van der Waals surface area contributed by atoms with Gasteiger partial charge in [-0.1, -0.05) is 0 Å². The lowest BCUT2D eigenvalue weighted by Crippen LogP contribution is -2.10. The van der Waals surface area contributed by atoms with Gasteiger partial charge in [-0.05, 0) is 13.8 Å². The number of aliphatic hydroxyl groups is 2. The van der Waals surface area contributed by atoms with Crippen LogP contribution in [0.3, 0.4) is 0 Å². The Hall–Kier alpha value is 0.0700. The van der Waals surface area contributed by atoms with Crippen molar-refractivity contribution in [3.05, 3.63) is 0 Å². The molecule has 11 heavy (non-hydrogen) atoms. The first-order valence-electron chi connectivity index (χ1n) is 3.14. The molecule has 0 aliphatic carbocycles. The van der Waals surface area contributed by atoms with Crippen LogP contribution in [0, 0.1) is 0 Å². The Morgan fingerprint density at radius 1 is 1.18 bits per heavy atom. The molecule has 2 atom stereocenters. The fraction of sp³-hybridized carbons (Fsp3) is 1.00. The van der Waals surface area contributed by atoms with Crippen LogP contribution in [0.2, 0.25) is 0 Å². The van der Waals surface area contributed by atoms with E-state index in [1.807, 2.05) is 0 Å². The highest BCUT2D eigenvalue weighted by Gasteiger charge is 2.21. The van der Waals surface area contributed by atoms with E-state index < -0.39 is 20.2 Å². The molecular formula is C5H13O5P. The van der Waals surface area contributed by atoms with Crippen LogP contribution in [0.15, 0.2) is 0 Å². The molecule has 0 aliphatic heterocycles. The fourth-order valence-electron chi connectivity index (χ4n) is 0.579. The van der Waals surface area contributed by atoms with Crippen LogP contribution in [-0.4, -0.2) is 29.5 Å². The van der Waals surface area contributed by atoms with Crippen molar-refractivity contribution in [3.8, 4) is 0 Å². The Kier molecular flexibility index (Phi) is 4.21. The smallest absolute Gasteiger partial charge is 0.332 e. The minimum atomic E-state index is -3.30. The molecule has 0 spiro atoms. The van der Waals surface area contributed by atoms with E-state index in [1.165, 1.54) is 20.5 Å². The summed E-state index contributed by atoms with van der Waals surface area (Å²) < 4.78 is 20.0. The Morgan fingerprint density at radius 2 is 1.45 bits per heavy atom. The van der Waals surface area contributed by atoms with Gasteiger partial charge in [0, 0.05) is 6.66 Å². The van der Waals surface area contributed by atoms with Crippen LogP contribution in [-0.2, 0) is 13.6 Å². The van der Waals surface area contributed by atoms with Crippen LogP contribution in [0.5, 0.6) is 0 Å². The summed E-state index contributed by atoms with van der Waals surface area (Å²) in [5.41, 5.74) is 0. The van der Waals surface area contributed by atoms with E-state index in [-0.39, 0.29) is 0 Å². The zero-order valence-corrected chi connectivity index (χ0v) is 7.62. The van der Waals surface area contributed by atoms with Gasteiger partial charge in [0.05, 0.1) is 0 Å². The maximum absolute atomic E-state index is 11.1. The molecule has 0 fully saturated rings. The van der Waals surface area contributed by atoms with Crippen molar-refractivity contribution >= 4 is 7.60 Å². The van der Waals surface area contributed by atoms with Gasteiger partial charge in [0.1, 0.15) is 0 Å². The van der Waals surface area contributed by atoms with Gasteiger partial charge in [0.15, 0.2) is 12.6 Å². The van der Waals surface area contributed by atoms with Crippen LogP contribution in [0.1, 0.15) is 13.8 Å². The van der Waals surface area contributed by atoms with Crippen LogP contribution in [0.25, 0.3) is 0 Å². The highest BCUT2D eigenvalue weighted by Crippen LogP contribution is 2.45. The normalized spacial score (nSPS) is 22.3. The highest BCUT2D eigenvalue weighted by molar-refractivity contribution is 7.53. The minimum Gasteiger partial charge on any atom is -0.368 e. The van der Waals surface area contributed by atoms with Crippen molar-refractivity contribution in [2.45, 2.75) is 26.4 Å². The molecule has 0 radical (unpaired) electrons. The Labute approximate surface area is 65.5 Å². The first kappa shape index (κ1) is 11.1. The molecule has 6 heteroatoms. The molecule has 0 heterocycles. The average Bonchev–Trinajstić information content (AvgIpc) is 1.53. The molecule has 0 aliphatic rings. The lowest BCUT2D eigenvalue weighted by Gasteiger charge is -2.16. The van der Waals surface area contributed by atoms with Crippen molar-refractivity contribution in [1.29, 1.82) is 0 Å². The van der Waals surface area contributed by atoms with Gasteiger partial charge in [-0.15, -0.1) is 0 Å². The maximum Gasteiger partial charge on any atom is 0.332 e. The first-order valence-corrected chi connectivity index (χ1v) is 5.13. The lowest BCUT2D eigenvalue weighted by atomic mass is 10.8.